The summed E-state index contributed by atoms with van der Waals surface area (Å²) in [4.78, 5) is 8.94. The molecule has 0 spiro atoms. The van der Waals surface area contributed by atoms with Crippen LogP contribution in [-0.4, -0.2) is 30.3 Å². The van der Waals surface area contributed by atoms with Crippen LogP contribution in [0.15, 0.2) is 47.0 Å². The number of methoxy groups -OCH3 is 2. The predicted molar refractivity (Wildman–Crippen MR) is 106 cm³/mol. The average molecular weight is 380 g/mol. The van der Waals surface area contributed by atoms with E-state index in [1.807, 2.05) is 36.4 Å². The van der Waals surface area contributed by atoms with Crippen LogP contribution < -0.4 is 14.2 Å². The van der Waals surface area contributed by atoms with Gasteiger partial charge in [-0.25, -0.2) is 4.98 Å². The molecule has 1 aromatic carbocycles. The van der Waals surface area contributed by atoms with Crippen molar-refractivity contribution in [1.82, 2.24) is 9.97 Å². The van der Waals surface area contributed by atoms with Crippen LogP contribution in [0.3, 0.4) is 0 Å². The molecule has 1 saturated carbocycles. The Hall–Kier alpha value is -3.02. The maximum absolute atomic E-state index is 6.06. The van der Waals surface area contributed by atoms with Crippen molar-refractivity contribution in [3.8, 4) is 40.3 Å². The van der Waals surface area contributed by atoms with Crippen molar-refractivity contribution in [2.45, 2.75) is 38.2 Å². The lowest BCUT2D eigenvalue weighted by Gasteiger charge is -2.20. The fraction of sp³-hybridized carbons (Fsp3) is 0.364. The second-order valence-corrected chi connectivity index (χ2v) is 6.85. The number of oxazole rings is 1. The normalized spacial score (nSPS) is 14.6. The van der Waals surface area contributed by atoms with Crippen LogP contribution in [-0.2, 0) is 0 Å². The molecule has 28 heavy (non-hydrogen) atoms. The number of pyridine rings is 1. The summed E-state index contributed by atoms with van der Waals surface area (Å²) < 4.78 is 22.5. The first kappa shape index (κ1) is 18.3. The first-order chi connectivity index (χ1) is 13.8. The predicted octanol–water partition coefficient (Wildman–Crippen LogP) is 5.13. The molecule has 6 nitrogen and oxygen atoms in total. The molecular formula is C22H24N2O4. The van der Waals surface area contributed by atoms with Gasteiger partial charge in [-0.2, -0.15) is 4.98 Å². The lowest BCUT2D eigenvalue weighted by atomic mass is 9.98. The van der Waals surface area contributed by atoms with Crippen LogP contribution in [0.25, 0.3) is 22.6 Å². The minimum Gasteiger partial charge on any atom is -0.497 e. The van der Waals surface area contributed by atoms with Gasteiger partial charge in [0.1, 0.15) is 17.5 Å². The van der Waals surface area contributed by atoms with Gasteiger partial charge in [-0.3, -0.25) is 0 Å². The molecule has 1 aliphatic carbocycles. The van der Waals surface area contributed by atoms with E-state index in [-0.39, 0.29) is 6.10 Å². The van der Waals surface area contributed by atoms with Crippen molar-refractivity contribution < 1.29 is 18.6 Å². The van der Waals surface area contributed by atoms with Gasteiger partial charge in [0.15, 0.2) is 5.76 Å². The van der Waals surface area contributed by atoms with E-state index in [1.54, 1.807) is 20.4 Å². The summed E-state index contributed by atoms with van der Waals surface area (Å²) in [6, 6.07) is 11.4. The zero-order valence-electron chi connectivity index (χ0n) is 16.2. The van der Waals surface area contributed by atoms with E-state index in [0.29, 0.717) is 23.4 Å². The van der Waals surface area contributed by atoms with Gasteiger partial charge in [-0.15, -0.1) is 0 Å². The van der Waals surface area contributed by atoms with E-state index < -0.39 is 0 Å². The Morgan fingerprint density at radius 1 is 0.893 bits per heavy atom. The molecule has 1 fully saturated rings. The number of rotatable bonds is 6. The van der Waals surface area contributed by atoms with Crippen molar-refractivity contribution in [2.24, 2.45) is 0 Å². The summed E-state index contributed by atoms with van der Waals surface area (Å²) in [5.74, 6) is 1.99. The fourth-order valence-corrected chi connectivity index (χ4v) is 3.45. The summed E-state index contributed by atoms with van der Waals surface area (Å²) >= 11 is 0. The molecule has 2 aromatic heterocycles. The molecular weight excluding hydrogens is 356 g/mol. The minimum absolute atomic E-state index is 0.165. The molecule has 4 rings (SSSR count). The summed E-state index contributed by atoms with van der Waals surface area (Å²) in [5, 5.41) is 0. The third-order valence-electron chi connectivity index (χ3n) is 5.00. The molecule has 0 bridgehead atoms. The molecule has 146 valence electrons. The molecule has 0 radical (unpaired) electrons. The summed E-state index contributed by atoms with van der Waals surface area (Å²) in [7, 11) is 3.24. The Labute approximate surface area is 164 Å². The Morgan fingerprint density at radius 3 is 2.29 bits per heavy atom. The zero-order chi connectivity index (χ0) is 19.3. The van der Waals surface area contributed by atoms with Gasteiger partial charge in [-0.1, -0.05) is 6.42 Å². The quantitative estimate of drug-likeness (QED) is 0.590. The van der Waals surface area contributed by atoms with Crippen molar-refractivity contribution in [2.75, 3.05) is 14.2 Å². The van der Waals surface area contributed by atoms with Gasteiger partial charge in [0.05, 0.1) is 14.2 Å². The molecule has 0 atom stereocenters. The van der Waals surface area contributed by atoms with Gasteiger partial charge in [0, 0.05) is 23.4 Å². The molecule has 0 amide bonds. The maximum Gasteiger partial charge on any atom is 0.394 e. The first-order valence-corrected chi connectivity index (χ1v) is 9.59. The Kier molecular flexibility index (Phi) is 5.46. The first-order valence-electron chi connectivity index (χ1n) is 9.59. The van der Waals surface area contributed by atoms with Crippen LogP contribution >= 0.6 is 0 Å². The maximum atomic E-state index is 6.06. The van der Waals surface area contributed by atoms with Crippen LogP contribution in [0.4, 0.5) is 0 Å². The van der Waals surface area contributed by atoms with Gasteiger partial charge < -0.3 is 18.6 Å². The highest BCUT2D eigenvalue weighted by Crippen LogP contribution is 2.37. The number of benzene rings is 1. The Morgan fingerprint density at radius 2 is 1.64 bits per heavy atom. The van der Waals surface area contributed by atoms with E-state index in [2.05, 4.69) is 9.97 Å². The topological polar surface area (TPSA) is 66.6 Å². The number of ether oxygens (including phenoxy) is 3. The van der Waals surface area contributed by atoms with Crippen LogP contribution in [0.5, 0.6) is 17.7 Å². The zero-order valence-corrected chi connectivity index (χ0v) is 16.2. The lowest BCUT2D eigenvalue weighted by molar-refractivity contribution is 0.114. The van der Waals surface area contributed by atoms with E-state index in [9.17, 15) is 0 Å². The van der Waals surface area contributed by atoms with E-state index in [4.69, 9.17) is 18.6 Å². The molecule has 0 unspecified atom stereocenters. The number of hydrogen-bond donors (Lipinski definition) is 0. The van der Waals surface area contributed by atoms with Crippen LogP contribution in [0.1, 0.15) is 32.1 Å². The average Bonchev–Trinajstić information content (AvgIpc) is 3.18. The largest absolute Gasteiger partial charge is 0.497 e. The summed E-state index contributed by atoms with van der Waals surface area (Å²) in [6.07, 6.45) is 7.93. The highest BCUT2D eigenvalue weighted by molar-refractivity contribution is 5.77. The number of nitrogens with zero attached hydrogens (tertiary/aromatic N) is 2. The SMILES string of the molecule is COc1ccc(-c2oc(OC3CCCCC3)nc2-c2ccc(OC)nc2)cc1. The van der Waals surface area contributed by atoms with Crippen LogP contribution in [0.2, 0.25) is 0 Å². The number of aromatic nitrogens is 2. The van der Waals surface area contributed by atoms with Gasteiger partial charge in [0.2, 0.25) is 5.88 Å². The van der Waals surface area contributed by atoms with E-state index in [1.165, 1.54) is 19.3 Å². The van der Waals surface area contributed by atoms with Gasteiger partial charge in [-0.05, 0) is 56.0 Å². The lowest BCUT2D eigenvalue weighted by Crippen LogP contribution is -2.19. The van der Waals surface area contributed by atoms with Crippen molar-refractivity contribution >= 4 is 0 Å². The third-order valence-corrected chi connectivity index (χ3v) is 5.00. The van der Waals surface area contributed by atoms with Crippen molar-refractivity contribution in [3.05, 3.63) is 42.6 Å². The second-order valence-electron chi connectivity index (χ2n) is 6.85. The van der Waals surface area contributed by atoms with Crippen LogP contribution in [0, 0.1) is 0 Å². The Balaban J connectivity index is 1.70. The van der Waals surface area contributed by atoms with Gasteiger partial charge in [0.25, 0.3) is 0 Å². The molecule has 3 aromatic rings. The van der Waals surface area contributed by atoms with E-state index in [0.717, 1.165) is 29.7 Å². The standard InChI is InChI=1S/C22H24N2O4/c1-25-17-11-8-15(9-12-17)21-20(16-10-13-19(26-2)23-14-16)24-22(28-21)27-18-6-4-3-5-7-18/h8-14,18H,3-7H2,1-2H3. The molecule has 1 aliphatic rings. The van der Waals surface area contributed by atoms with Gasteiger partial charge >= 0.3 is 6.08 Å². The molecule has 6 heteroatoms. The summed E-state index contributed by atoms with van der Waals surface area (Å²) in [5.41, 5.74) is 2.44. The summed E-state index contributed by atoms with van der Waals surface area (Å²) in [6.45, 7) is 0. The third kappa shape index (κ3) is 3.96. The molecule has 0 N–H and O–H groups in total. The highest BCUT2D eigenvalue weighted by atomic mass is 16.6. The van der Waals surface area contributed by atoms with Crippen molar-refractivity contribution in [1.29, 1.82) is 0 Å². The molecule has 0 aliphatic heterocycles. The fourth-order valence-electron chi connectivity index (χ4n) is 3.45. The minimum atomic E-state index is 0.165. The second kappa shape index (κ2) is 8.33. The van der Waals surface area contributed by atoms with E-state index >= 15 is 0 Å². The molecule has 2 heterocycles. The monoisotopic (exact) mass is 380 g/mol. The number of hydrogen-bond acceptors (Lipinski definition) is 6. The molecule has 0 saturated heterocycles. The van der Waals surface area contributed by atoms with Crippen molar-refractivity contribution in [3.63, 3.8) is 0 Å². The smallest absolute Gasteiger partial charge is 0.394 e. The highest BCUT2D eigenvalue weighted by Gasteiger charge is 2.22. The Bertz CT molecular complexity index is 832.